The summed E-state index contributed by atoms with van der Waals surface area (Å²) in [6.07, 6.45) is 1.39. The zero-order valence-electron chi connectivity index (χ0n) is 8.48. The standard InChI is InChI=1S/C11H6ClN3OS/c12-8-3-4-17-10(8)11(16)15-9-2-1-7(5-13)6-14-9/h1-4,6H,(H,14,15,16). The van der Waals surface area contributed by atoms with Crippen molar-refractivity contribution in [2.75, 3.05) is 5.32 Å². The number of aromatic nitrogens is 1. The molecule has 0 aliphatic rings. The molecule has 6 heteroatoms. The van der Waals surface area contributed by atoms with Crippen LogP contribution in [0.15, 0.2) is 29.8 Å². The van der Waals surface area contributed by atoms with Crippen molar-refractivity contribution in [2.45, 2.75) is 0 Å². The molecule has 0 aliphatic heterocycles. The van der Waals surface area contributed by atoms with E-state index in [1.165, 1.54) is 17.5 Å². The summed E-state index contributed by atoms with van der Waals surface area (Å²) in [4.78, 5) is 16.1. The Morgan fingerprint density at radius 2 is 2.29 bits per heavy atom. The number of nitrogens with one attached hydrogen (secondary N) is 1. The summed E-state index contributed by atoms with van der Waals surface area (Å²) >= 11 is 7.10. The van der Waals surface area contributed by atoms with Gasteiger partial charge >= 0.3 is 0 Å². The second-order valence-corrected chi connectivity index (χ2v) is 4.42. The van der Waals surface area contributed by atoms with Crippen LogP contribution in [0.3, 0.4) is 0 Å². The van der Waals surface area contributed by atoms with Crippen molar-refractivity contribution in [3.05, 3.63) is 45.2 Å². The van der Waals surface area contributed by atoms with Gasteiger partial charge < -0.3 is 5.32 Å². The van der Waals surface area contributed by atoms with Gasteiger partial charge in [0.1, 0.15) is 16.8 Å². The summed E-state index contributed by atoms with van der Waals surface area (Å²) in [6, 6.07) is 6.76. The molecule has 2 aromatic heterocycles. The molecule has 2 rings (SSSR count). The van der Waals surface area contributed by atoms with Crippen molar-refractivity contribution in [3.63, 3.8) is 0 Å². The van der Waals surface area contributed by atoms with Crippen LogP contribution in [0.5, 0.6) is 0 Å². The number of carbonyl (C=O) groups excluding carboxylic acids is 1. The Morgan fingerprint density at radius 3 is 2.82 bits per heavy atom. The van der Waals surface area contributed by atoms with Crippen molar-refractivity contribution in [1.29, 1.82) is 5.26 Å². The van der Waals surface area contributed by atoms with E-state index in [1.807, 2.05) is 6.07 Å². The Bertz CT molecular complexity index is 586. The van der Waals surface area contributed by atoms with Crippen LogP contribution in [0, 0.1) is 11.3 Å². The quantitative estimate of drug-likeness (QED) is 0.906. The van der Waals surface area contributed by atoms with Gasteiger partial charge in [-0.2, -0.15) is 5.26 Å². The highest BCUT2D eigenvalue weighted by atomic mass is 35.5. The van der Waals surface area contributed by atoms with Gasteiger partial charge in [0.2, 0.25) is 0 Å². The lowest BCUT2D eigenvalue weighted by Crippen LogP contribution is -2.11. The van der Waals surface area contributed by atoms with E-state index >= 15 is 0 Å². The van der Waals surface area contributed by atoms with Crippen LogP contribution >= 0.6 is 22.9 Å². The highest BCUT2D eigenvalue weighted by Gasteiger charge is 2.12. The van der Waals surface area contributed by atoms with Crippen LogP contribution in [0.4, 0.5) is 5.82 Å². The van der Waals surface area contributed by atoms with Gasteiger partial charge in [0, 0.05) is 6.20 Å². The van der Waals surface area contributed by atoms with Crippen LogP contribution in [0.25, 0.3) is 0 Å². The van der Waals surface area contributed by atoms with E-state index in [2.05, 4.69) is 10.3 Å². The third-order valence-electron chi connectivity index (χ3n) is 1.96. The maximum absolute atomic E-state index is 11.8. The fourth-order valence-corrected chi connectivity index (χ4v) is 2.20. The van der Waals surface area contributed by atoms with Crippen LogP contribution in [0.1, 0.15) is 15.2 Å². The normalized spacial score (nSPS) is 9.65. The Balaban J connectivity index is 2.14. The second-order valence-electron chi connectivity index (χ2n) is 3.10. The average Bonchev–Trinajstić information content (AvgIpc) is 2.76. The lowest BCUT2D eigenvalue weighted by Gasteiger charge is -2.02. The zero-order valence-corrected chi connectivity index (χ0v) is 10.0. The minimum absolute atomic E-state index is 0.304. The lowest BCUT2D eigenvalue weighted by atomic mass is 10.3. The summed E-state index contributed by atoms with van der Waals surface area (Å²) in [6.45, 7) is 0. The molecular formula is C11H6ClN3OS. The highest BCUT2D eigenvalue weighted by molar-refractivity contribution is 7.12. The number of nitriles is 1. The first kappa shape index (κ1) is 11.6. The van der Waals surface area contributed by atoms with Gasteiger partial charge in [-0.1, -0.05) is 11.6 Å². The first-order valence-corrected chi connectivity index (χ1v) is 5.87. The molecule has 0 aromatic carbocycles. The summed E-state index contributed by atoms with van der Waals surface area (Å²) in [5, 5.41) is 13.4. The number of hydrogen-bond donors (Lipinski definition) is 1. The summed E-state index contributed by atoms with van der Waals surface area (Å²) in [5.41, 5.74) is 0.442. The van der Waals surface area contributed by atoms with E-state index < -0.39 is 0 Å². The first-order chi connectivity index (χ1) is 8.20. The first-order valence-electron chi connectivity index (χ1n) is 4.61. The SMILES string of the molecule is N#Cc1ccc(NC(=O)c2sccc2Cl)nc1. The molecular weight excluding hydrogens is 258 g/mol. The second kappa shape index (κ2) is 4.95. The van der Waals surface area contributed by atoms with Crippen molar-refractivity contribution in [2.24, 2.45) is 0 Å². The molecule has 0 radical (unpaired) electrons. The Hall–Kier alpha value is -1.90. The predicted octanol–water partition coefficient (Wildman–Crippen LogP) is 2.92. The molecule has 17 heavy (non-hydrogen) atoms. The third kappa shape index (κ3) is 2.61. The average molecular weight is 264 g/mol. The molecule has 0 unspecified atom stereocenters. The van der Waals surface area contributed by atoms with E-state index in [9.17, 15) is 4.79 Å². The van der Waals surface area contributed by atoms with Crippen LogP contribution < -0.4 is 5.32 Å². The number of thiophene rings is 1. The van der Waals surface area contributed by atoms with Crippen LogP contribution in [0.2, 0.25) is 5.02 Å². The molecule has 4 nitrogen and oxygen atoms in total. The lowest BCUT2D eigenvalue weighted by molar-refractivity contribution is 0.103. The fraction of sp³-hybridized carbons (Fsp3) is 0. The maximum Gasteiger partial charge on any atom is 0.268 e. The number of hydrogen-bond acceptors (Lipinski definition) is 4. The van der Waals surface area contributed by atoms with Gasteiger partial charge in [0.25, 0.3) is 5.91 Å². The number of carbonyl (C=O) groups is 1. The molecule has 1 N–H and O–H groups in total. The molecule has 0 aliphatic carbocycles. The van der Waals surface area contributed by atoms with Gasteiger partial charge in [-0.3, -0.25) is 4.79 Å². The van der Waals surface area contributed by atoms with Gasteiger partial charge in [-0.15, -0.1) is 11.3 Å². The van der Waals surface area contributed by atoms with E-state index in [1.54, 1.807) is 23.6 Å². The van der Waals surface area contributed by atoms with Gasteiger partial charge in [-0.25, -0.2) is 4.98 Å². The number of pyridine rings is 1. The summed E-state index contributed by atoms with van der Waals surface area (Å²) in [7, 11) is 0. The summed E-state index contributed by atoms with van der Waals surface area (Å²) in [5.74, 6) is 0.0840. The highest BCUT2D eigenvalue weighted by Crippen LogP contribution is 2.22. The van der Waals surface area contributed by atoms with Crippen molar-refractivity contribution >= 4 is 34.7 Å². The Labute approximate surface area is 106 Å². The van der Waals surface area contributed by atoms with Gasteiger partial charge in [0.15, 0.2) is 0 Å². The molecule has 2 heterocycles. The minimum atomic E-state index is -0.304. The Morgan fingerprint density at radius 1 is 1.47 bits per heavy atom. The third-order valence-corrected chi connectivity index (χ3v) is 3.30. The molecule has 84 valence electrons. The molecule has 0 saturated carbocycles. The molecule has 0 bridgehead atoms. The molecule has 1 amide bonds. The van der Waals surface area contributed by atoms with Crippen LogP contribution in [-0.2, 0) is 0 Å². The van der Waals surface area contributed by atoms with E-state index in [4.69, 9.17) is 16.9 Å². The summed E-state index contributed by atoms with van der Waals surface area (Å²) < 4.78 is 0. The number of anilines is 1. The van der Waals surface area contributed by atoms with Crippen molar-refractivity contribution < 1.29 is 4.79 Å². The van der Waals surface area contributed by atoms with E-state index in [0.29, 0.717) is 21.3 Å². The van der Waals surface area contributed by atoms with Gasteiger partial charge in [0.05, 0.1) is 10.6 Å². The minimum Gasteiger partial charge on any atom is -0.306 e. The Kier molecular flexibility index (Phi) is 3.38. The topological polar surface area (TPSA) is 65.8 Å². The predicted molar refractivity (Wildman–Crippen MR) is 66.2 cm³/mol. The number of rotatable bonds is 2. The smallest absolute Gasteiger partial charge is 0.268 e. The number of nitrogens with zero attached hydrogens (tertiary/aromatic N) is 2. The molecule has 0 atom stereocenters. The molecule has 0 fully saturated rings. The van der Waals surface area contributed by atoms with E-state index in [0.717, 1.165) is 0 Å². The monoisotopic (exact) mass is 263 g/mol. The van der Waals surface area contributed by atoms with E-state index in [-0.39, 0.29) is 5.91 Å². The largest absolute Gasteiger partial charge is 0.306 e. The van der Waals surface area contributed by atoms with Crippen molar-refractivity contribution in [1.82, 2.24) is 4.98 Å². The molecule has 0 spiro atoms. The van der Waals surface area contributed by atoms with Crippen LogP contribution in [-0.4, -0.2) is 10.9 Å². The number of halogens is 1. The molecule has 0 saturated heterocycles. The van der Waals surface area contributed by atoms with Gasteiger partial charge in [-0.05, 0) is 23.6 Å². The molecule has 2 aromatic rings. The van der Waals surface area contributed by atoms with Crippen molar-refractivity contribution in [3.8, 4) is 6.07 Å². The fourth-order valence-electron chi connectivity index (χ4n) is 1.16. The number of amides is 1. The maximum atomic E-state index is 11.8. The zero-order chi connectivity index (χ0) is 12.3.